The first-order chi connectivity index (χ1) is 20.2. The molecule has 1 fully saturated rings. The second-order valence-electron chi connectivity index (χ2n) is 10.5. The second-order valence-corrected chi connectivity index (χ2v) is 11.3. The molecule has 1 aromatic carbocycles. The zero-order valence-electron chi connectivity index (χ0n) is 23.4. The molecule has 0 aliphatic carbocycles. The average Bonchev–Trinajstić information content (AvgIpc) is 3.62. The lowest BCUT2D eigenvalue weighted by Gasteiger charge is -2.32. The maximum atomic E-state index is 12.9. The van der Waals surface area contributed by atoms with Crippen molar-refractivity contribution in [1.29, 1.82) is 0 Å². The monoisotopic (exact) mass is 615 g/mol. The fourth-order valence-electron chi connectivity index (χ4n) is 5.21. The Morgan fingerprint density at radius 1 is 1.26 bits per heavy atom. The smallest absolute Gasteiger partial charge is 0.267 e. The molecule has 2 atom stereocenters. The van der Waals surface area contributed by atoms with Crippen molar-refractivity contribution in [2.75, 3.05) is 63.4 Å². The number of halogens is 2. The van der Waals surface area contributed by atoms with Gasteiger partial charge in [-0.1, -0.05) is 35.8 Å². The highest BCUT2D eigenvalue weighted by Crippen LogP contribution is 2.42. The number of allylic oxidation sites excluding steroid dienone is 1. The zero-order chi connectivity index (χ0) is 29.8. The Labute approximate surface area is 255 Å². The number of rotatable bonds is 11. The van der Waals surface area contributed by atoms with Crippen LogP contribution in [0, 0.1) is 0 Å². The number of aliphatic hydroxyl groups is 2. The number of likely N-dealkylation sites (tertiary alicyclic amines) is 1. The lowest BCUT2D eigenvalue weighted by Crippen LogP contribution is -2.36. The van der Waals surface area contributed by atoms with Gasteiger partial charge in [0.1, 0.15) is 18.4 Å². The summed E-state index contributed by atoms with van der Waals surface area (Å²) in [4.78, 5) is 32.2. The third kappa shape index (κ3) is 6.72. The van der Waals surface area contributed by atoms with Gasteiger partial charge in [-0.15, -0.1) is 0 Å². The number of nitrogens with zero attached hydrogens (tertiary/aromatic N) is 5. The SMILES string of the molecule is C=C1C(c2c(Cl)cccc2Cl)=Cc2cnc(NC3C=C(C(=O)NCCN4CCCC4)N(C)C3)nc2N1OCC(O)CO. The van der Waals surface area contributed by atoms with Crippen LogP contribution in [0.4, 0.5) is 11.8 Å². The lowest BCUT2D eigenvalue weighted by atomic mass is 9.98. The molecule has 4 heterocycles. The molecule has 2 aromatic rings. The molecule has 3 aliphatic rings. The number of amides is 1. The van der Waals surface area contributed by atoms with Crippen LogP contribution in [-0.2, 0) is 9.63 Å². The largest absolute Gasteiger partial charge is 0.394 e. The molecule has 42 heavy (non-hydrogen) atoms. The number of aliphatic hydroxyl groups excluding tert-OH is 2. The number of likely N-dealkylation sites (N-methyl/N-ethyl adjacent to an activating group) is 1. The highest BCUT2D eigenvalue weighted by molar-refractivity contribution is 6.38. The van der Waals surface area contributed by atoms with Crippen molar-refractivity contribution in [2.45, 2.75) is 25.0 Å². The number of anilines is 2. The van der Waals surface area contributed by atoms with E-state index in [0.717, 1.165) is 19.6 Å². The molecule has 1 aromatic heterocycles. The molecular weight excluding hydrogens is 581 g/mol. The number of hydroxylamine groups is 1. The highest BCUT2D eigenvalue weighted by Gasteiger charge is 2.30. The van der Waals surface area contributed by atoms with Crippen LogP contribution in [0.5, 0.6) is 0 Å². The van der Waals surface area contributed by atoms with E-state index in [-0.39, 0.29) is 18.6 Å². The van der Waals surface area contributed by atoms with E-state index < -0.39 is 12.7 Å². The molecule has 4 N–H and O–H groups in total. The van der Waals surface area contributed by atoms with Crippen molar-refractivity contribution in [2.24, 2.45) is 0 Å². The van der Waals surface area contributed by atoms with Gasteiger partial charge in [-0.3, -0.25) is 9.63 Å². The van der Waals surface area contributed by atoms with Gasteiger partial charge in [0.15, 0.2) is 5.82 Å². The Bertz CT molecular complexity index is 1380. The van der Waals surface area contributed by atoms with Gasteiger partial charge in [-0.05, 0) is 50.2 Å². The van der Waals surface area contributed by atoms with Crippen molar-refractivity contribution in [3.63, 3.8) is 0 Å². The molecule has 1 saturated heterocycles. The number of hydrogen-bond donors (Lipinski definition) is 4. The fourth-order valence-corrected chi connectivity index (χ4v) is 5.81. The van der Waals surface area contributed by atoms with Crippen LogP contribution in [-0.4, -0.2) is 101 Å². The summed E-state index contributed by atoms with van der Waals surface area (Å²) in [6.45, 7) is 7.70. The Hall–Kier alpha value is -3.19. The van der Waals surface area contributed by atoms with Gasteiger partial charge in [0.05, 0.1) is 18.3 Å². The van der Waals surface area contributed by atoms with Crippen molar-refractivity contribution in [1.82, 2.24) is 25.1 Å². The van der Waals surface area contributed by atoms with Crippen LogP contribution in [0.3, 0.4) is 0 Å². The van der Waals surface area contributed by atoms with Crippen molar-refractivity contribution in [3.05, 3.63) is 69.6 Å². The Morgan fingerprint density at radius 3 is 2.71 bits per heavy atom. The van der Waals surface area contributed by atoms with Crippen LogP contribution in [0.2, 0.25) is 10.0 Å². The zero-order valence-corrected chi connectivity index (χ0v) is 24.9. The predicted molar refractivity (Wildman–Crippen MR) is 164 cm³/mol. The summed E-state index contributed by atoms with van der Waals surface area (Å²) in [6.07, 6.45) is 6.65. The van der Waals surface area contributed by atoms with E-state index in [9.17, 15) is 15.0 Å². The van der Waals surface area contributed by atoms with Gasteiger partial charge in [-0.2, -0.15) is 4.98 Å². The minimum absolute atomic E-state index is 0.110. The van der Waals surface area contributed by atoms with E-state index in [4.69, 9.17) is 28.0 Å². The molecule has 5 rings (SSSR count). The number of carbonyl (C=O) groups is 1. The van der Waals surface area contributed by atoms with Crippen LogP contribution >= 0.6 is 23.2 Å². The van der Waals surface area contributed by atoms with Gasteiger partial charge >= 0.3 is 0 Å². The summed E-state index contributed by atoms with van der Waals surface area (Å²) in [6, 6.07) is 4.99. The lowest BCUT2D eigenvalue weighted by molar-refractivity contribution is -0.118. The van der Waals surface area contributed by atoms with E-state index in [1.54, 1.807) is 24.4 Å². The maximum Gasteiger partial charge on any atom is 0.267 e. The number of hydrogen-bond acceptors (Lipinski definition) is 10. The van der Waals surface area contributed by atoms with E-state index >= 15 is 0 Å². The molecule has 13 heteroatoms. The number of fused-ring (bicyclic) bond motifs is 1. The summed E-state index contributed by atoms with van der Waals surface area (Å²) >= 11 is 13.0. The molecule has 11 nitrogen and oxygen atoms in total. The minimum Gasteiger partial charge on any atom is -0.394 e. The molecule has 3 aliphatic heterocycles. The fraction of sp³-hybridized carbons (Fsp3) is 0.414. The molecule has 2 unspecified atom stereocenters. The van der Waals surface area contributed by atoms with E-state index in [0.29, 0.717) is 63.0 Å². The number of benzene rings is 1. The van der Waals surface area contributed by atoms with Crippen LogP contribution < -0.4 is 15.7 Å². The van der Waals surface area contributed by atoms with Crippen LogP contribution in [0.25, 0.3) is 11.6 Å². The quantitative estimate of drug-likeness (QED) is 0.300. The second kappa shape index (κ2) is 13.4. The van der Waals surface area contributed by atoms with E-state index in [1.807, 2.05) is 24.1 Å². The number of nitrogens with one attached hydrogen (secondary N) is 2. The Kier molecular flexibility index (Phi) is 9.67. The van der Waals surface area contributed by atoms with E-state index in [1.165, 1.54) is 17.9 Å². The molecule has 0 spiro atoms. The molecule has 224 valence electrons. The third-order valence-corrected chi connectivity index (χ3v) is 8.01. The molecule has 0 bridgehead atoms. The van der Waals surface area contributed by atoms with Crippen molar-refractivity contribution >= 4 is 52.5 Å². The van der Waals surface area contributed by atoms with Gasteiger partial charge in [0.2, 0.25) is 5.95 Å². The van der Waals surface area contributed by atoms with Gasteiger partial charge < -0.3 is 30.6 Å². The summed E-state index contributed by atoms with van der Waals surface area (Å²) in [5, 5.41) is 27.8. The van der Waals surface area contributed by atoms with E-state index in [2.05, 4.69) is 32.1 Å². The first-order valence-corrected chi connectivity index (χ1v) is 14.6. The summed E-state index contributed by atoms with van der Waals surface area (Å²) in [5.74, 6) is 0.585. The first-order valence-electron chi connectivity index (χ1n) is 13.9. The molecule has 0 radical (unpaired) electrons. The van der Waals surface area contributed by atoms with Gasteiger partial charge in [-0.25, -0.2) is 10.0 Å². The predicted octanol–water partition coefficient (Wildman–Crippen LogP) is 2.76. The van der Waals surface area contributed by atoms with Gasteiger partial charge in [0.25, 0.3) is 5.91 Å². The topological polar surface area (TPSA) is 126 Å². The third-order valence-electron chi connectivity index (χ3n) is 7.38. The highest BCUT2D eigenvalue weighted by atomic mass is 35.5. The average molecular weight is 617 g/mol. The number of aromatic nitrogens is 2. The standard InChI is InChI=1S/C29H35Cl2N7O4/c1-18-22(26-23(30)6-5-7-24(26)31)12-19-14-33-29(35-27(19)38(18)42-17-21(40)16-39)34-20-13-25(36(2)15-20)28(41)32-8-11-37-9-3-4-10-37/h5-7,12-14,20-21,39-40H,1,3-4,8-11,15-17H2,2H3,(H,32,41)(H,33,34,35). The molecule has 1 amide bonds. The van der Waals surface area contributed by atoms with Crippen LogP contribution in [0.1, 0.15) is 24.0 Å². The molecular formula is C29H35Cl2N7O4. The molecule has 0 saturated carbocycles. The summed E-state index contributed by atoms with van der Waals surface area (Å²) < 4.78 is 0. The Balaban J connectivity index is 1.35. The summed E-state index contributed by atoms with van der Waals surface area (Å²) in [5.41, 5.74) is 2.75. The van der Waals surface area contributed by atoms with Crippen LogP contribution in [0.15, 0.2) is 48.4 Å². The van der Waals surface area contributed by atoms with Crippen molar-refractivity contribution in [3.8, 4) is 0 Å². The first kappa shape index (κ1) is 30.3. The Morgan fingerprint density at radius 2 is 2.00 bits per heavy atom. The minimum atomic E-state index is -1.11. The van der Waals surface area contributed by atoms with Crippen molar-refractivity contribution < 1.29 is 19.8 Å². The van der Waals surface area contributed by atoms with Gasteiger partial charge in [0, 0.05) is 59.6 Å². The summed E-state index contributed by atoms with van der Waals surface area (Å²) in [7, 11) is 1.87. The normalized spacial score (nSPS) is 19.5. The number of carbonyl (C=O) groups excluding carboxylic acids is 1. The maximum absolute atomic E-state index is 12.9.